The van der Waals surface area contributed by atoms with E-state index >= 15 is 0 Å². The molecule has 0 saturated heterocycles. The number of furan rings is 1. The van der Waals surface area contributed by atoms with E-state index in [0.717, 1.165) is 4.90 Å². The van der Waals surface area contributed by atoms with Crippen LogP contribution in [0.4, 0.5) is 11.6 Å². The minimum absolute atomic E-state index is 0.260. The fraction of sp³-hybridized carbons (Fsp3) is 0.0909. The predicted octanol–water partition coefficient (Wildman–Crippen LogP) is 3.72. The van der Waals surface area contributed by atoms with Crippen LogP contribution in [0.2, 0.25) is 5.02 Å². The summed E-state index contributed by atoms with van der Waals surface area (Å²) in [7, 11) is 0. The van der Waals surface area contributed by atoms with E-state index in [4.69, 9.17) is 21.8 Å². The van der Waals surface area contributed by atoms with E-state index in [1.807, 2.05) is 0 Å². The van der Waals surface area contributed by atoms with Crippen LogP contribution in [-0.4, -0.2) is 4.92 Å². The number of rotatable bonds is 4. The molecule has 1 aromatic heterocycles. The molecule has 0 saturated carbocycles. The molecule has 0 aliphatic heterocycles. The Morgan fingerprint density at radius 3 is 2.83 bits per heavy atom. The number of anilines is 1. The third-order valence-corrected chi connectivity index (χ3v) is 3.67. The minimum Gasteiger partial charge on any atom is -0.405 e. The first-order valence-electron chi connectivity index (χ1n) is 4.97. The Hall–Kier alpha value is -1.66. The Balaban J connectivity index is 2.06. The lowest BCUT2D eigenvalue weighted by Crippen LogP contribution is -1.86. The molecule has 2 rings (SSSR count). The van der Waals surface area contributed by atoms with E-state index in [-0.39, 0.29) is 5.88 Å². The van der Waals surface area contributed by atoms with Gasteiger partial charge in [0.1, 0.15) is 10.7 Å². The summed E-state index contributed by atoms with van der Waals surface area (Å²) in [5.41, 5.74) is 6.27. The van der Waals surface area contributed by atoms with Gasteiger partial charge in [0.25, 0.3) is 0 Å². The number of nitrogens with two attached hydrogens (primary N) is 1. The lowest BCUT2D eigenvalue weighted by atomic mass is 10.3. The van der Waals surface area contributed by atoms with Gasteiger partial charge in [-0.05, 0) is 24.3 Å². The molecule has 0 radical (unpaired) electrons. The summed E-state index contributed by atoms with van der Waals surface area (Å²) in [5, 5.41) is 11.0. The highest BCUT2D eigenvalue weighted by molar-refractivity contribution is 7.98. The summed E-state index contributed by atoms with van der Waals surface area (Å²) in [6.45, 7) is 0. The van der Waals surface area contributed by atoms with Gasteiger partial charge in [-0.25, -0.2) is 0 Å². The highest BCUT2D eigenvalue weighted by atomic mass is 35.5. The number of hydrogen-bond donors (Lipinski definition) is 1. The zero-order valence-corrected chi connectivity index (χ0v) is 10.7. The average molecular weight is 285 g/mol. The van der Waals surface area contributed by atoms with Crippen molar-refractivity contribution in [3.63, 3.8) is 0 Å². The van der Waals surface area contributed by atoms with Gasteiger partial charge in [-0.15, -0.1) is 11.8 Å². The van der Waals surface area contributed by atoms with Gasteiger partial charge in [-0.1, -0.05) is 11.6 Å². The van der Waals surface area contributed by atoms with Crippen LogP contribution in [0.1, 0.15) is 5.76 Å². The van der Waals surface area contributed by atoms with Gasteiger partial charge in [-0.2, -0.15) is 0 Å². The fourth-order valence-corrected chi connectivity index (χ4v) is 2.48. The Morgan fingerprint density at radius 2 is 2.17 bits per heavy atom. The zero-order valence-electron chi connectivity index (χ0n) is 9.13. The molecule has 0 unspecified atom stereocenters. The molecule has 5 nitrogen and oxygen atoms in total. The summed E-state index contributed by atoms with van der Waals surface area (Å²) in [6, 6.07) is 8.08. The molecule has 2 aromatic rings. The highest BCUT2D eigenvalue weighted by Crippen LogP contribution is 2.32. The molecule has 0 amide bonds. The maximum atomic E-state index is 10.5. The first kappa shape index (κ1) is 12.8. The maximum absolute atomic E-state index is 10.5. The quantitative estimate of drug-likeness (QED) is 0.400. The van der Waals surface area contributed by atoms with E-state index in [2.05, 4.69) is 0 Å². The van der Waals surface area contributed by atoms with Crippen molar-refractivity contribution in [3.05, 3.63) is 51.2 Å². The standard InChI is InChI=1S/C11H9ClN2O3S/c12-9-3-1-7(13)5-10(9)18-6-8-2-4-11(17-8)14(15)16/h1-5H,6,13H2. The summed E-state index contributed by atoms with van der Waals surface area (Å²) >= 11 is 7.41. The largest absolute Gasteiger partial charge is 0.433 e. The van der Waals surface area contributed by atoms with Crippen LogP contribution in [0.3, 0.4) is 0 Å². The number of nitrogen functional groups attached to an aromatic ring is 1. The molecule has 7 heteroatoms. The highest BCUT2D eigenvalue weighted by Gasteiger charge is 2.12. The Bertz CT molecular complexity index is 585. The third kappa shape index (κ3) is 2.96. The number of nitrogens with zero attached hydrogens (tertiary/aromatic N) is 1. The smallest absolute Gasteiger partial charge is 0.405 e. The second-order valence-corrected chi connectivity index (χ2v) is 4.90. The molecule has 2 N–H and O–H groups in total. The van der Waals surface area contributed by atoms with Crippen molar-refractivity contribution in [2.24, 2.45) is 0 Å². The number of halogens is 1. The monoisotopic (exact) mass is 284 g/mol. The average Bonchev–Trinajstić information content (AvgIpc) is 2.79. The summed E-state index contributed by atoms with van der Waals surface area (Å²) in [6.07, 6.45) is 0. The minimum atomic E-state index is -0.568. The van der Waals surface area contributed by atoms with E-state index in [0.29, 0.717) is 22.2 Å². The molecule has 0 fully saturated rings. The molecule has 0 atom stereocenters. The number of benzene rings is 1. The van der Waals surface area contributed by atoms with Gasteiger partial charge in [0, 0.05) is 10.6 Å². The van der Waals surface area contributed by atoms with E-state index in [1.165, 1.54) is 17.8 Å². The molecule has 0 spiro atoms. The van der Waals surface area contributed by atoms with E-state index < -0.39 is 4.92 Å². The van der Waals surface area contributed by atoms with E-state index in [1.54, 1.807) is 24.3 Å². The van der Waals surface area contributed by atoms with Crippen molar-refractivity contribution in [1.82, 2.24) is 0 Å². The SMILES string of the molecule is Nc1ccc(Cl)c(SCc2ccc([N+](=O)[O-])o2)c1. The van der Waals surface area contributed by atoms with Crippen molar-refractivity contribution < 1.29 is 9.34 Å². The maximum Gasteiger partial charge on any atom is 0.433 e. The second kappa shape index (κ2) is 5.32. The third-order valence-electron chi connectivity index (χ3n) is 2.15. The van der Waals surface area contributed by atoms with Gasteiger partial charge in [0.15, 0.2) is 0 Å². The van der Waals surface area contributed by atoms with Gasteiger partial charge < -0.3 is 10.2 Å². The van der Waals surface area contributed by atoms with Crippen molar-refractivity contribution in [3.8, 4) is 0 Å². The second-order valence-electron chi connectivity index (χ2n) is 3.48. The predicted molar refractivity (Wildman–Crippen MR) is 70.8 cm³/mol. The molecular weight excluding hydrogens is 276 g/mol. The normalized spacial score (nSPS) is 10.5. The van der Waals surface area contributed by atoms with Crippen molar-refractivity contribution in [2.75, 3.05) is 5.73 Å². The van der Waals surface area contributed by atoms with Crippen molar-refractivity contribution in [2.45, 2.75) is 10.6 Å². The van der Waals surface area contributed by atoms with Gasteiger partial charge in [-0.3, -0.25) is 10.1 Å². The van der Waals surface area contributed by atoms with Gasteiger partial charge >= 0.3 is 5.88 Å². The molecule has 94 valence electrons. The summed E-state index contributed by atoms with van der Waals surface area (Å²) < 4.78 is 5.04. The molecule has 1 aromatic carbocycles. The van der Waals surface area contributed by atoms with Gasteiger partial charge in [0.05, 0.1) is 16.8 Å². The number of nitro groups is 1. The van der Waals surface area contributed by atoms with Crippen LogP contribution in [0.15, 0.2) is 39.6 Å². The first-order chi connectivity index (χ1) is 8.56. The molecule has 1 heterocycles. The van der Waals surface area contributed by atoms with Crippen LogP contribution < -0.4 is 5.73 Å². The van der Waals surface area contributed by atoms with Crippen LogP contribution >= 0.6 is 23.4 Å². The van der Waals surface area contributed by atoms with E-state index in [9.17, 15) is 10.1 Å². The van der Waals surface area contributed by atoms with Crippen LogP contribution in [0, 0.1) is 10.1 Å². The summed E-state index contributed by atoms with van der Waals surface area (Å²) in [4.78, 5) is 10.7. The molecule has 0 bridgehead atoms. The number of hydrogen-bond acceptors (Lipinski definition) is 5. The van der Waals surface area contributed by atoms with Crippen LogP contribution in [-0.2, 0) is 5.75 Å². The topological polar surface area (TPSA) is 82.3 Å². The lowest BCUT2D eigenvalue weighted by molar-refractivity contribution is -0.402. The Labute approximate surface area is 112 Å². The van der Waals surface area contributed by atoms with Gasteiger partial charge in [0.2, 0.25) is 0 Å². The first-order valence-corrected chi connectivity index (χ1v) is 6.33. The Morgan fingerprint density at radius 1 is 1.39 bits per heavy atom. The van der Waals surface area contributed by atoms with Crippen molar-refractivity contribution >= 4 is 34.9 Å². The van der Waals surface area contributed by atoms with Crippen LogP contribution in [0.5, 0.6) is 0 Å². The lowest BCUT2D eigenvalue weighted by Gasteiger charge is -2.03. The molecule has 18 heavy (non-hydrogen) atoms. The zero-order chi connectivity index (χ0) is 13.1. The molecular formula is C11H9ClN2O3S. The Kier molecular flexibility index (Phi) is 3.78. The summed E-state index contributed by atoms with van der Waals surface area (Å²) in [5.74, 6) is 0.714. The van der Waals surface area contributed by atoms with Crippen molar-refractivity contribution in [1.29, 1.82) is 0 Å². The molecule has 0 aliphatic carbocycles. The number of thioether (sulfide) groups is 1. The molecule has 0 aliphatic rings. The van der Waals surface area contributed by atoms with Crippen LogP contribution in [0.25, 0.3) is 0 Å². The fourth-order valence-electron chi connectivity index (χ4n) is 1.32.